The van der Waals surface area contributed by atoms with Crippen LogP contribution in [0.5, 0.6) is 5.75 Å². The zero-order valence-corrected chi connectivity index (χ0v) is 13.5. The standard InChI is InChI=1S/C15H24N2O3S/c1-3-8-16-11-13(2)21(18,19)17-9-10-20-15-7-5-4-6-14(15)12-17/h4-7,13,16H,3,8-12H2,1-2H3. The van der Waals surface area contributed by atoms with Crippen molar-refractivity contribution < 1.29 is 13.2 Å². The maximum absolute atomic E-state index is 12.7. The van der Waals surface area contributed by atoms with E-state index < -0.39 is 15.3 Å². The number of hydrogen-bond acceptors (Lipinski definition) is 4. The summed E-state index contributed by atoms with van der Waals surface area (Å²) in [4.78, 5) is 0. The lowest BCUT2D eigenvalue weighted by Gasteiger charge is -2.24. The summed E-state index contributed by atoms with van der Waals surface area (Å²) < 4.78 is 32.5. The van der Waals surface area contributed by atoms with Gasteiger partial charge in [-0.2, -0.15) is 4.31 Å². The predicted octanol–water partition coefficient (Wildman–Crippen LogP) is 1.60. The van der Waals surface area contributed by atoms with Gasteiger partial charge in [-0.15, -0.1) is 0 Å². The highest BCUT2D eigenvalue weighted by Gasteiger charge is 2.30. The van der Waals surface area contributed by atoms with E-state index in [1.807, 2.05) is 24.3 Å². The number of nitrogens with one attached hydrogen (secondary N) is 1. The van der Waals surface area contributed by atoms with Gasteiger partial charge in [0.15, 0.2) is 0 Å². The Balaban J connectivity index is 2.09. The SMILES string of the molecule is CCCNCC(C)S(=O)(=O)N1CCOc2ccccc2C1. The molecule has 0 aliphatic carbocycles. The Morgan fingerprint density at radius 1 is 1.38 bits per heavy atom. The average Bonchev–Trinajstić information content (AvgIpc) is 2.70. The molecule has 0 saturated carbocycles. The zero-order chi connectivity index (χ0) is 15.3. The van der Waals surface area contributed by atoms with Crippen molar-refractivity contribution in [1.29, 1.82) is 0 Å². The Morgan fingerprint density at radius 3 is 2.90 bits per heavy atom. The van der Waals surface area contributed by atoms with Crippen LogP contribution in [0.3, 0.4) is 0 Å². The van der Waals surface area contributed by atoms with E-state index in [4.69, 9.17) is 4.74 Å². The van der Waals surface area contributed by atoms with Crippen LogP contribution in [0, 0.1) is 0 Å². The predicted molar refractivity (Wildman–Crippen MR) is 83.9 cm³/mol. The first kappa shape index (κ1) is 16.3. The maximum Gasteiger partial charge on any atom is 0.218 e. The highest BCUT2D eigenvalue weighted by molar-refractivity contribution is 7.89. The second-order valence-electron chi connectivity index (χ2n) is 5.35. The number of fused-ring (bicyclic) bond motifs is 1. The normalized spacial score (nSPS) is 17.6. The van der Waals surface area contributed by atoms with Crippen LogP contribution in [0.4, 0.5) is 0 Å². The third-order valence-corrected chi connectivity index (χ3v) is 5.86. The molecule has 5 nitrogen and oxygen atoms in total. The smallest absolute Gasteiger partial charge is 0.218 e. The van der Waals surface area contributed by atoms with E-state index in [9.17, 15) is 8.42 Å². The minimum atomic E-state index is -3.32. The van der Waals surface area contributed by atoms with Crippen molar-refractivity contribution in [3.8, 4) is 5.75 Å². The number of para-hydroxylation sites is 1. The van der Waals surface area contributed by atoms with Crippen LogP contribution in [-0.4, -0.2) is 44.2 Å². The summed E-state index contributed by atoms with van der Waals surface area (Å²) in [5.41, 5.74) is 0.923. The summed E-state index contributed by atoms with van der Waals surface area (Å²) >= 11 is 0. The summed E-state index contributed by atoms with van der Waals surface area (Å²) in [5.74, 6) is 0.784. The maximum atomic E-state index is 12.7. The van der Waals surface area contributed by atoms with Crippen molar-refractivity contribution in [1.82, 2.24) is 9.62 Å². The number of sulfonamides is 1. The van der Waals surface area contributed by atoms with Crippen LogP contribution in [0.15, 0.2) is 24.3 Å². The molecule has 0 bridgehead atoms. The van der Waals surface area contributed by atoms with Crippen molar-refractivity contribution >= 4 is 10.0 Å². The van der Waals surface area contributed by atoms with Crippen LogP contribution in [0.25, 0.3) is 0 Å². The van der Waals surface area contributed by atoms with Crippen molar-refractivity contribution in [2.24, 2.45) is 0 Å². The minimum Gasteiger partial charge on any atom is -0.492 e. The topological polar surface area (TPSA) is 58.6 Å². The van der Waals surface area contributed by atoms with Crippen LogP contribution < -0.4 is 10.1 Å². The van der Waals surface area contributed by atoms with E-state index in [2.05, 4.69) is 12.2 Å². The number of hydrogen-bond donors (Lipinski definition) is 1. The highest BCUT2D eigenvalue weighted by atomic mass is 32.2. The lowest BCUT2D eigenvalue weighted by Crippen LogP contribution is -2.42. The second kappa shape index (κ2) is 7.24. The van der Waals surface area contributed by atoms with E-state index in [0.717, 1.165) is 24.3 Å². The largest absolute Gasteiger partial charge is 0.492 e. The minimum absolute atomic E-state index is 0.386. The fraction of sp³-hybridized carbons (Fsp3) is 0.600. The molecular weight excluding hydrogens is 288 g/mol. The Bertz CT molecular complexity index is 560. The van der Waals surface area contributed by atoms with E-state index in [1.54, 1.807) is 6.92 Å². The monoisotopic (exact) mass is 312 g/mol. The number of rotatable bonds is 6. The molecule has 1 aliphatic rings. The molecule has 1 atom stereocenters. The molecule has 0 aromatic heterocycles. The van der Waals surface area contributed by atoms with Crippen LogP contribution in [0.2, 0.25) is 0 Å². The van der Waals surface area contributed by atoms with E-state index in [0.29, 0.717) is 26.2 Å². The van der Waals surface area contributed by atoms with E-state index in [-0.39, 0.29) is 0 Å². The summed E-state index contributed by atoms with van der Waals surface area (Å²) in [5, 5.41) is 2.74. The fourth-order valence-electron chi connectivity index (χ4n) is 2.36. The summed E-state index contributed by atoms with van der Waals surface area (Å²) in [7, 11) is -3.32. The van der Waals surface area contributed by atoms with Crippen molar-refractivity contribution in [2.75, 3.05) is 26.2 Å². The highest BCUT2D eigenvalue weighted by Crippen LogP contribution is 2.24. The van der Waals surface area contributed by atoms with Gasteiger partial charge in [0.05, 0.1) is 5.25 Å². The summed E-state index contributed by atoms with van der Waals surface area (Å²) in [6.45, 7) is 6.32. The molecule has 1 aromatic rings. The quantitative estimate of drug-likeness (QED) is 0.811. The molecule has 0 spiro atoms. The second-order valence-corrected chi connectivity index (χ2v) is 7.70. The fourth-order valence-corrected chi connectivity index (χ4v) is 3.85. The van der Waals surface area contributed by atoms with Gasteiger partial charge in [-0.1, -0.05) is 25.1 Å². The molecule has 0 saturated heterocycles. The third-order valence-electron chi connectivity index (χ3n) is 3.64. The zero-order valence-electron chi connectivity index (χ0n) is 12.7. The first-order valence-electron chi connectivity index (χ1n) is 7.46. The van der Waals surface area contributed by atoms with Crippen molar-refractivity contribution in [2.45, 2.75) is 32.1 Å². The first-order chi connectivity index (χ1) is 10.1. The lowest BCUT2D eigenvalue weighted by molar-refractivity contribution is 0.291. The molecule has 1 N–H and O–H groups in total. The third kappa shape index (κ3) is 3.96. The molecule has 0 amide bonds. The molecule has 118 valence electrons. The van der Waals surface area contributed by atoms with Gasteiger partial charge in [0.2, 0.25) is 10.0 Å². The summed E-state index contributed by atoms with van der Waals surface area (Å²) in [6.07, 6.45) is 0.998. The Hall–Kier alpha value is -1.11. The van der Waals surface area contributed by atoms with Crippen LogP contribution in [0.1, 0.15) is 25.8 Å². The number of ether oxygens (including phenoxy) is 1. The number of nitrogens with zero attached hydrogens (tertiary/aromatic N) is 1. The van der Waals surface area contributed by atoms with Crippen LogP contribution >= 0.6 is 0 Å². The molecule has 6 heteroatoms. The number of benzene rings is 1. The molecule has 0 radical (unpaired) electrons. The average molecular weight is 312 g/mol. The van der Waals surface area contributed by atoms with Gasteiger partial charge in [0.1, 0.15) is 12.4 Å². The molecule has 2 rings (SSSR count). The van der Waals surface area contributed by atoms with Gasteiger partial charge in [-0.05, 0) is 26.0 Å². The van der Waals surface area contributed by atoms with Crippen LogP contribution in [-0.2, 0) is 16.6 Å². The molecule has 1 heterocycles. The summed E-state index contributed by atoms with van der Waals surface area (Å²) in [6, 6.07) is 7.62. The van der Waals surface area contributed by atoms with Crippen molar-refractivity contribution in [3.05, 3.63) is 29.8 Å². The lowest BCUT2D eigenvalue weighted by atomic mass is 10.2. The van der Waals surface area contributed by atoms with E-state index >= 15 is 0 Å². The molecule has 1 unspecified atom stereocenters. The molecule has 21 heavy (non-hydrogen) atoms. The molecule has 0 fully saturated rings. The van der Waals surface area contributed by atoms with Gasteiger partial charge in [0, 0.05) is 25.2 Å². The van der Waals surface area contributed by atoms with Gasteiger partial charge in [0.25, 0.3) is 0 Å². The van der Waals surface area contributed by atoms with E-state index in [1.165, 1.54) is 4.31 Å². The van der Waals surface area contributed by atoms with Gasteiger partial charge in [-0.3, -0.25) is 0 Å². The first-order valence-corrected chi connectivity index (χ1v) is 8.96. The Morgan fingerprint density at radius 2 is 2.14 bits per heavy atom. The Labute approximate surface area is 127 Å². The molecule has 1 aliphatic heterocycles. The van der Waals surface area contributed by atoms with Gasteiger partial charge >= 0.3 is 0 Å². The van der Waals surface area contributed by atoms with Gasteiger partial charge < -0.3 is 10.1 Å². The molecule has 1 aromatic carbocycles. The molecular formula is C15H24N2O3S. The Kier molecular flexibility index (Phi) is 5.61. The van der Waals surface area contributed by atoms with Crippen molar-refractivity contribution in [3.63, 3.8) is 0 Å². The van der Waals surface area contributed by atoms with Gasteiger partial charge in [-0.25, -0.2) is 8.42 Å².